The lowest BCUT2D eigenvalue weighted by Crippen LogP contribution is -2.46. The highest BCUT2D eigenvalue weighted by Gasteiger charge is 2.35. The predicted molar refractivity (Wildman–Crippen MR) is 82.3 cm³/mol. The highest BCUT2D eigenvalue weighted by atomic mass is 16.6. The minimum Gasteiger partial charge on any atom is -0.444 e. The van der Waals surface area contributed by atoms with Gasteiger partial charge in [-0.15, -0.1) is 0 Å². The van der Waals surface area contributed by atoms with Crippen LogP contribution < -0.4 is 5.32 Å². The molecular formula is C15H26N4O2. The Labute approximate surface area is 126 Å². The van der Waals surface area contributed by atoms with E-state index in [1.165, 1.54) is 0 Å². The molecule has 2 heterocycles. The van der Waals surface area contributed by atoms with E-state index in [9.17, 15) is 4.79 Å². The fourth-order valence-corrected chi connectivity index (χ4v) is 2.71. The quantitative estimate of drug-likeness (QED) is 0.931. The molecule has 2 atom stereocenters. The van der Waals surface area contributed by atoms with Crippen molar-refractivity contribution in [3.63, 3.8) is 0 Å². The Kier molecular flexibility index (Phi) is 4.44. The van der Waals surface area contributed by atoms with Gasteiger partial charge in [-0.25, -0.2) is 4.79 Å². The van der Waals surface area contributed by atoms with Gasteiger partial charge in [-0.2, -0.15) is 5.10 Å². The molecular weight excluding hydrogens is 268 g/mol. The molecule has 1 N–H and O–H groups in total. The van der Waals surface area contributed by atoms with Crippen molar-refractivity contribution in [1.29, 1.82) is 0 Å². The van der Waals surface area contributed by atoms with Crippen LogP contribution in [-0.2, 0) is 11.8 Å². The first-order valence-electron chi connectivity index (χ1n) is 7.51. The van der Waals surface area contributed by atoms with Gasteiger partial charge in [-0.3, -0.25) is 4.68 Å². The molecule has 6 heteroatoms. The van der Waals surface area contributed by atoms with Gasteiger partial charge in [0.25, 0.3) is 0 Å². The molecule has 1 saturated heterocycles. The summed E-state index contributed by atoms with van der Waals surface area (Å²) in [5.74, 6) is 0. The molecule has 0 unspecified atom stereocenters. The molecule has 21 heavy (non-hydrogen) atoms. The maximum absolute atomic E-state index is 12.3. The zero-order valence-electron chi connectivity index (χ0n) is 13.6. The Morgan fingerprint density at radius 3 is 2.81 bits per heavy atom. The molecule has 6 nitrogen and oxygen atoms in total. The summed E-state index contributed by atoms with van der Waals surface area (Å²) in [5, 5.41) is 7.57. The molecule has 0 aromatic carbocycles. The van der Waals surface area contributed by atoms with Crippen molar-refractivity contribution in [3.05, 3.63) is 12.4 Å². The number of aromatic nitrogens is 2. The number of nitrogens with one attached hydrogen (secondary N) is 1. The Balaban J connectivity index is 1.99. The third kappa shape index (κ3) is 4.12. The number of ether oxygens (including phenoxy) is 1. The number of hydrogen-bond acceptors (Lipinski definition) is 4. The van der Waals surface area contributed by atoms with Gasteiger partial charge in [0.15, 0.2) is 0 Å². The van der Waals surface area contributed by atoms with Gasteiger partial charge >= 0.3 is 6.09 Å². The van der Waals surface area contributed by atoms with Crippen LogP contribution in [-0.4, -0.2) is 45.0 Å². The van der Waals surface area contributed by atoms with E-state index < -0.39 is 5.60 Å². The first kappa shape index (κ1) is 15.7. The molecule has 0 bridgehead atoms. The number of likely N-dealkylation sites (tertiary alicyclic amines) is 1. The molecule has 0 saturated carbocycles. The zero-order valence-corrected chi connectivity index (χ0v) is 13.6. The average molecular weight is 294 g/mol. The standard InChI is InChI=1S/C15H26N4O2/c1-11(17-12-9-16-18(5)10-12)13-7-6-8-19(13)14(20)21-15(2,3)4/h9-11,13,17H,6-8H2,1-5H3/t11-,13+/m0/s1. The summed E-state index contributed by atoms with van der Waals surface area (Å²) in [6, 6.07) is 0.310. The van der Waals surface area contributed by atoms with Crippen molar-refractivity contribution >= 4 is 11.8 Å². The van der Waals surface area contributed by atoms with E-state index in [1.807, 2.05) is 38.9 Å². The number of amides is 1. The van der Waals surface area contributed by atoms with Crippen LogP contribution in [0.5, 0.6) is 0 Å². The van der Waals surface area contributed by atoms with Crippen molar-refractivity contribution in [2.45, 2.75) is 58.2 Å². The van der Waals surface area contributed by atoms with Crippen LogP contribution in [0.1, 0.15) is 40.5 Å². The molecule has 118 valence electrons. The number of hydrogen-bond donors (Lipinski definition) is 1. The summed E-state index contributed by atoms with van der Waals surface area (Å²) in [6.07, 6.45) is 5.52. The number of anilines is 1. The predicted octanol–water partition coefficient (Wildman–Crippen LogP) is 2.62. The van der Waals surface area contributed by atoms with Gasteiger partial charge in [0, 0.05) is 25.8 Å². The van der Waals surface area contributed by atoms with Gasteiger partial charge in [0.05, 0.1) is 17.9 Å². The van der Waals surface area contributed by atoms with Crippen LogP contribution in [0, 0.1) is 0 Å². The molecule has 0 spiro atoms. The Bertz CT molecular complexity index is 492. The zero-order chi connectivity index (χ0) is 15.6. The number of rotatable bonds is 3. The van der Waals surface area contributed by atoms with E-state index in [1.54, 1.807) is 10.9 Å². The van der Waals surface area contributed by atoms with E-state index in [-0.39, 0.29) is 18.2 Å². The summed E-state index contributed by atoms with van der Waals surface area (Å²) in [4.78, 5) is 14.1. The lowest BCUT2D eigenvalue weighted by Gasteiger charge is -2.32. The van der Waals surface area contributed by atoms with Crippen molar-refractivity contribution in [3.8, 4) is 0 Å². The van der Waals surface area contributed by atoms with Crippen LogP contribution in [0.2, 0.25) is 0 Å². The molecule has 1 amide bonds. The minimum absolute atomic E-state index is 0.153. The number of nitrogens with zero attached hydrogens (tertiary/aromatic N) is 3. The van der Waals surface area contributed by atoms with Gasteiger partial charge < -0.3 is 15.0 Å². The average Bonchev–Trinajstić information content (AvgIpc) is 2.95. The third-order valence-electron chi connectivity index (χ3n) is 3.60. The van der Waals surface area contributed by atoms with Crippen LogP contribution in [0.15, 0.2) is 12.4 Å². The molecule has 0 radical (unpaired) electrons. The van der Waals surface area contributed by atoms with E-state index in [0.717, 1.165) is 25.1 Å². The van der Waals surface area contributed by atoms with Gasteiger partial charge in [0.2, 0.25) is 0 Å². The SMILES string of the molecule is C[C@H](Nc1cnn(C)c1)[C@H]1CCCN1C(=O)OC(C)(C)C. The van der Waals surface area contributed by atoms with E-state index in [0.29, 0.717) is 0 Å². The van der Waals surface area contributed by atoms with E-state index in [4.69, 9.17) is 4.74 Å². The fourth-order valence-electron chi connectivity index (χ4n) is 2.71. The normalized spacial score (nSPS) is 20.4. The monoisotopic (exact) mass is 294 g/mol. The molecule has 1 aliphatic rings. The summed E-state index contributed by atoms with van der Waals surface area (Å²) in [5.41, 5.74) is 0.519. The maximum Gasteiger partial charge on any atom is 0.410 e. The topological polar surface area (TPSA) is 59.4 Å². The van der Waals surface area contributed by atoms with Gasteiger partial charge in [-0.05, 0) is 40.5 Å². The Hall–Kier alpha value is -1.72. The van der Waals surface area contributed by atoms with Crippen molar-refractivity contribution in [2.24, 2.45) is 7.05 Å². The van der Waals surface area contributed by atoms with Gasteiger partial charge in [-0.1, -0.05) is 0 Å². The van der Waals surface area contributed by atoms with E-state index >= 15 is 0 Å². The van der Waals surface area contributed by atoms with Crippen LogP contribution in [0.3, 0.4) is 0 Å². The van der Waals surface area contributed by atoms with Crippen LogP contribution in [0.4, 0.5) is 10.5 Å². The number of carbonyl (C=O) groups excluding carboxylic acids is 1. The summed E-state index contributed by atoms with van der Waals surface area (Å²) in [6.45, 7) is 8.55. The minimum atomic E-state index is -0.454. The second-order valence-electron chi connectivity index (χ2n) is 6.72. The smallest absolute Gasteiger partial charge is 0.410 e. The fraction of sp³-hybridized carbons (Fsp3) is 0.733. The summed E-state index contributed by atoms with van der Waals surface area (Å²) >= 11 is 0. The second kappa shape index (κ2) is 5.95. The molecule has 2 rings (SSSR count). The van der Waals surface area contributed by atoms with Crippen molar-refractivity contribution < 1.29 is 9.53 Å². The van der Waals surface area contributed by atoms with Crippen molar-refractivity contribution in [1.82, 2.24) is 14.7 Å². The second-order valence-corrected chi connectivity index (χ2v) is 6.72. The maximum atomic E-state index is 12.3. The third-order valence-corrected chi connectivity index (χ3v) is 3.60. The molecule has 1 aliphatic heterocycles. The molecule has 1 fully saturated rings. The summed E-state index contributed by atoms with van der Waals surface area (Å²) in [7, 11) is 1.89. The lowest BCUT2D eigenvalue weighted by atomic mass is 10.1. The molecule has 1 aromatic rings. The highest BCUT2D eigenvalue weighted by molar-refractivity contribution is 5.69. The molecule has 0 aliphatic carbocycles. The lowest BCUT2D eigenvalue weighted by molar-refractivity contribution is 0.0216. The Morgan fingerprint density at radius 1 is 1.52 bits per heavy atom. The first-order chi connectivity index (χ1) is 9.76. The van der Waals surface area contributed by atoms with Crippen LogP contribution >= 0.6 is 0 Å². The summed E-state index contributed by atoms with van der Waals surface area (Å²) < 4.78 is 7.26. The van der Waals surface area contributed by atoms with Crippen LogP contribution in [0.25, 0.3) is 0 Å². The largest absolute Gasteiger partial charge is 0.444 e. The Morgan fingerprint density at radius 2 is 2.24 bits per heavy atom. The first-order valence-corrected chi connectivity index (χ1v) is 7.51. The van der Waals surface area contributed by atoms with Gasteiger partial charge in [0.1, 0.15) is 5.60 Å². The van der Waals surface area contributed by atoms with E-state index in [2.05, 4.69) is 17.3 Å². The number of carbonyl (C=O) groups is 1. The highest BCUT2D eigenvalue weighted by Crippen LogP contribution is 2.24. The number of aryl methyl sites for hydroxylation is 1. The van der Waals surface area contributed by atoms with Crippen molar-refractivity contribution in [2.75, 3.05) is 11.9 Å². The molecule has 1 aromatic heterocycles.